The van der Waals surface area contributed by atoms with Gasteiger partial charge in [0.05, 0.1) is 0 Å². The summed E-state index contributed by atoms with van der Waals surface area (Å²) in [4.78, 5) is 0. The lowest BCUT2D eigenvalue weighted by Crippen LogP contribution is -1.82. The summed E-state index contributed by atoms with van der Waals surface area (Å²) in [5.74, 6) is 0. The molecule has 0 amide bonds. The van der Waals surface area contributed by atoms with Gasteiger partial charge in [-0.05, 0) is 24.4 Å². The van der Waals surface area contributed by atoms with Crippen LogP contribution in [0.25, 0.3) is 0 Å². The molecule has 0 aliphatic heterocycles. The first kappa shape index (κ1) is 12.5. The minimum atomic E-state index is 0.0880. The first-order chi connectivity index (χ1) is 4.54. The topological polar surface area (TPSA) is 40.5 Å². The van der Waals surface area contributed by atoms with E-state index in [9.17, 15) is 0 Å². The van der Waals surface area contributed by atoms with Gasteiger partial charge in [-0.2, -0.15) is 0 Å². The van der Waals surface area contributed by atoms with E-state index in [4.69, 9.17) is 10.2 Å². The number of hydrogen-bond donors (Lipinski definition) is 2. The Morgan fingerprint density at radius 1 is 1.00 bits per heavy atom. The van der Waals surface area contributed by atoms with Crippen LogP contribution in [0.1, 0.15) is 26.7 Å². The van der Waals surface area contributed by atoms with E-state index in [1.54, 1.807) is 0 Å². The van der Waals surface area contributed by atoms with E-state index in [1.165, 1.54) is 0 Å². The summed E-state index contributed by atoms with van der Waals surface area (Å²) in [6.07, 6.45) is 1.19. The molecule has 0 radical (unpaired) electrons. The molecule has 2 nitrogen and oxygen atoms in total. The molecule has 0 aromatic carbocycles. The predicted molar refractivity (Wildman–Crippen MR) is 51.0 cm³/mol. The Labute approximate surface area is 71.9 Å². The lowest BCUT2D eigenvalue weighted by Gasteiger charge is -1.76. The van der Waals surface area contributed by atoms with Crippen molar-refractivity contribution in [3.8, 4) is 0 Å². The third kappa shape index (κ3) is 25.0. The number of aliphatic hydroxyl groups excluding tert-OH is 2. The van der Waals surface area contributed by atoms with Gasteiger partial charge in [-0.1, -0.05) is 13.8 Å². The van der Waals surface area contributed by atoms with E-state index >= 15 is 0 Å². The maximum Gasteiger partial charge on any atom is 0.156 e. The minimum absolute atomic E-state index is 0.0880. The average molecular weight is 180 g/mol. The highest BCUT2D eigenvalue weighted by atomic mass is 32.1. The molecule has 0 saturated carbocycles. The first-order valence-electron chi connectivity index (χ1n) is 2.98. The Morgan fingerprint density at radius 2 is 1.10 bits per heavy atom. The van der Waals surface area contributed by atoms with Gasteiger partial charge in [0.2, 0.25) is 0 Å². The summed E-state index contributed by atoms with van der Waals surface area (Å²) in [7, 11) is 0. The molecule has 2 N–H and O–H groups in total. The monoisotopic (exact) mass is 180 g/mol. The SMILES string of the molecule is CCC(O)=S.CCC(O)=S. The molecule has 0 aliphatic rings. The quantitative estimate of drug-likeness (QED) is 0.641. The smallest absolute Gasteiger partial charge is 0.156 e. The fraction of sp³-hybridized carbons (Fsp3) is 0.667. The third-order valence-corrected chi connectivity index (χ3v) is 1.18. The lowest BCUT2D eigenvalue weighted by atomic mass is 10.5. The Bertz CT molecular complexity index is 98.3. The highest BCUT2D eigenvalue weighted by Crippen LogP contribution is 1.74. The molecule has 0 aromatic heterocycles. The van der Waals surface area contributed by atoms with E-state index in [-0.39, 0.29) is 10.1 Å². The van der Waals surface area contributed by atoms with Gasteiger partial charge in [0.25, 0.3) is 0 Å². The van der Waals surface area contributed by atoms with Gasteiger partial charge in [-0.25, -0.2) is 0 Å². The summed E-state index contributed by atoms with van der Waals surface area (Å²) in [5.41, 5.74) is 0. The molecule has 0 bridgehead atoms. The molecule has 0 aliphatic carbocycles. The van der Waals surface area contributed by atoms with Crippen LogP contribution in [0.15, 0.2) is 0 Å². The summed E-state index contributed by atoms with van der Waals surface area (Å²) < 4.78 is 0. The zero-order valence-corrected chi connectivity index (χ0v) is 7.76. The van der Waals surface area contributed by atoms with E-state index in [1.807, 2.05) is 13.8 Å². The molecule has 0 saturated heterocycles. The Hall–Kier alpha value is -0.220. The van der Waals surface area contributed by atoms with Crippen molar-refractivity contribution in [1.29, 1.82) is 0 Å². The van der Waals surface area contributed by atoms with E-state index in [0.717, 1.165) is 0 Å². The second-order valence-electron chi connectivity index (χ2n) is 1.49. The van der Waals surface area contributed by atoms with E-state index in [2.05, 4.69) is 24.4 Å². The zero-order chi connectivity index (χ0) is 8.57. The maximum atomic E-state index is 8.09. The van der Waals surface area contributed by atoms with Crippen molar-refractivity contribution in [2.75, 3.05) is 0 Å². The molecule has 60 valence electrons. The zero-order valence-electron chi connectivity index (χ0n) is 6.13. The second kappa shape index (κ2) is 8.78. The first-order valence-corrected chi connectivity index (χ1v) is 3.79. The predicted octanol–water partition coefficient (Wildman–Crippen LogP) is 2.56. The van der Waals surface area contributed by atoms with Crippen molar-refractivity contribution in [3.63, 3.8) is 0 Å². The fourth-order valence-electron chi connectivity index (χ4n) is 0. The minimum Gasteiger partial charge on any atom is -0.502 e. The maximum absolute atomic E-state index is 8.09. The van der Waals surface area contributed by atoms with Crippen molar-refractivity contribution in [1.82, 2.24) is 0 Å². The summed E-state index contributed by atoms with van der Waals surface area (Å²) in [5, 5.41) is 16.4. The third-order valence-electron chi connectivity index (χ3n) is 0.605. The Morgan fingerprint density at radius 3 is 1.10 bits per heavy atom. The Kier molecular flexibility index (Phi) is 10.9. The van der Waals surface area contributed by atoms with Gasteiger partial charge in [-0.3, -0.25) is 0 Å². The molecule has 0 unspecified atom stereocenters. The van der Waals surface area contributed by atoms with Gasteiger partial charge in [0, 0.05) is 12.8 Å². The van der Waals surface area contributed by atoms with E-state index in [0.29, 0.717) is 12.8 Å². The normalized spacial score (nSPS) is 7.40. The van der Waals surface area contributed by atoms with Crippen molar-refractivity contribution in [3.05, 3.63) is 0 Å². The van der Waals surface area contributed by atoms with Crippen LogP contribution in [0.2, 0.25) is 0 Å². The van der Waals surface area contributed by atoms with Crippen LogP contribution in [0.5, 0.6) is 0 Å². The summed E-state index contributed by atoms with van der Waals surface area (Å²) in [6.45, 7) is 3.62. The van der Waals surface area contributed by atoms with Crippen molar-refractivity contribution < 1.29 is 10.2 Å². The van der Waals surface area contributed by atoms with Gasteiger partial charge in [-0.15, -0.1) is 0 Å². The van der Waals surface area contributed by atoms with Crippen LogP contribution in [0.4, 0.5) is 0 Å². The van der Waals surface area contributed by atoms with Crippen molar-refractivity contribution in [2.45, 2.75) is 26.7 Å². The lowest BCUT2D eigenvalue weighted by molar-refractivity contribution is 0.552. The molecule has 0 atom stereocenters. The van der Waals surface area contributed by atoms with Crippen LogP contribution in [0.3, 0.4) is 0 Å². The van der Waals surface area contributed by atoms with Gasteiger partial charge in [0.15, 0.2) is 10.1 Å². The number of thiocarbonyl (C=S) groups is 2. The molecule has 10 heavy (non-hydrogen) atoms. The average Bonchev–Trinajstić information content (AvgIpc) is 1.89. The standard InChI is InChI=1S/2C3H6OS/c2*1-2-3(4)5/h2*2H2,1H3,(H,4,5). The highest BCUT2D eigenvalue weighted by Gasteiger charge is 1.74. The molecule has 4 heteroatoms. The molecular formula is C6H12O2S2. The molecular weight excluding hydrogens is 168 g/mol. The van der Waals surface area contributed by atoms with Crippen LogP contribution < -0.4 is 0 Å². The molecule has 0 aromatic rings. The number of hydrogen-bond acceptors (Lipinski definition) is 2. The highest BCUT2D eigenvalue weighted by molar-refractivity contribution is 7.80. The van der Waals surface area contributed by atoms with Crippen molar-refractivity contribution >= 4 is 34.5 Å². The van der Waals surface area contributed by atoms with Crippen LogP contribution in [-0.2, 0) is 0 Å². The molecule has 0 spiro atoms. The number of rotatable bonds is 2. The van der Waals surface area contributed by atoms with Gasteiger partial charge >= 0.3 is 0 Å². The second-order valence-corrected chi connectivity index (χ2v) is 2.44. The van der Waals surface area contributed by atoms with E-state index < -0.39 is 0 Å². The molecule has 0 rings (SSSR count). The Balaban J connectivity index is 0. The van der Waals surface area contributed by atoms with Gasteiger partial charge < -0.3 is 10.2 Å². The number of aliphatic hydroxyl groups is 2. The van der Waals surface area contributed by atoms with Gasteiger partial charge in [0.1, 0.15) is 0 Å². The van der Waals surface area contributed by atoms with Crippen LogP contribution in [0, 0.1) is 0 Å². The fourth-order valence-corrected chi connectivity index (χ4v) is 0. The molecule has 0 fully saturated rings. The van der Waals surface area contributed by atoms with Crippen LogP contribution in [-0.4, -0.2) is 20.3 Å². The summed E-state index contributed by atoms with van der Waals surface area (Å²) >= 11 is 8.50. The van der Waals surface area contributed by atoms with Crippen LogP contribution >= 0.6 is 24.4 Å². The van der Waals surface area contributed by atoms with Crippen molar-refractivity contribution in [2.24, 2.45) is 0 Å². The summed E-state index contributed by atoms with van der Waals surface area (Å²) in [6, 6.07) is 0. The molecule has 0 heterocycles. The largest absolute Gasteiger partial charge is 0.502 e.